The van der Waals surface area contributed by atoms with Crippen molar-refractivity contribution in [3.05, 3.63) is 24.5 Å². The maximum atomic E-state index is 5.82. The molecule has 1 fully saturated rings. The summed E-state index contributed by atoms with van der Waals surface area (Å²) in [5, 5.41) is 4.44. The summed E-state index contributed by atoms with van der Waals surface area (Å²) < 4.78 is 5.35. The fourth-order valence-electron chi connectivity index (χ4n) is 2.22. The second-order valence-electron chi connectivity index (χ2n) is 4.53. The summed E-state index contributed by atoms with van der Waals surface area (Å²) in [6.07, 6.45) is 3.60. The molecule has 0 aliphatic carbocycles. The average Bonchev–Trinajstić information content (AvgIpc) is 2.41. The molecule has 0 bridgehead atoms. The van der Waals surface area contributed by atoms with E-state index < -0.39 is 0 Å². The van der Waals surface area contributed by atoms with Gasteiger partial charge in [0.2, 0.25) is 0 Å². The van der Waals surface area contributed by atoms with Gasteiger partial charge >= 0.3 is 0 Å². The Bertz CT molecular complexity index is 552. The molecule has 94 valence electrons. The molecular formula is C13H16N4O. The minimum atomic E-state index is 0.415. The summed E-state index contributed by atoms with van der Waals surface area (Å²) in [6.45, 7) is 1.62. The highest BCUT2D eigenvalue weighted by molar-refractivity contribution is 5.91. The van der Waals surface area contributed by atoms with Crippen molar-refractivity contribution in [2.75, 3.05) is 24.3 Å². The molecule has 0 atom stereocenters. The second-order valence-corrected chi connectivity index (χ2v) is 4.53. The van der Waals surface area contributed by atoms with Crippen molar-refractivity contribution >= 4 is 22.4 Å². The number of benzene rings is 1. The van der Waals surface area contributed by atoms with Crippen molar-refractivity contribution in [2.45, 2.75) is 18.9 Å². The molecular weight excluding hydrogens is 228 g/mol. The number of nitrogen functional groups attached to an aromatic ring is 1. The van der Waals surface area contributed by atoms with Crippen LogP contribution in [0.3, 0.4) is 0 Å². The van der Waals surface area contributed by atoms with Crippen molar-refractivity contribution in [1.82, 2.24) is 9.97 Å². The van der Waals surface area contributed by atoms with Gasteiger partial charge in [-0.3, -0.25) is 0 Å². The normalized spacial score (nSPS) is 16.9. The van der Waals surface area contributed by atoms with Crippen molar-refractivity contribution in [3.63, 3.8) is 0 Å². The van der Waals surface area contributed by atoms with Crippen LogP contribution >= 0.6 is 0 Å². The van der Waals surface area contributed by atoms with E-state index >= 15 is 0 Å². The lowest BCUT2D eigenvalue weighted by atomic mass is 10.1. The Morgan fingerprint density at radius 3 is 2.89 bits per heavy atom. The zero-order chi connectivity index (χ0) is 12.4. The molecule has 1 saturated heterocycles. The molecule has 0 radical (unpaired) electrons. The first kappa shape index (κ1) is 11.2. The monoisotopic (exact) mass is 244 g/mol. The van der Waals surface area contributed by atoms with Crippen molar-refractivity contribution in [1.29, 1.82) is 0 Å². The molecule has 18 heavy (non-hydrogen) atoms. The number of nitrogens with one attached hydrogen (secondary N) is 1. The van der Waals surface area contributed by atoms with E-state index in [-0.39, 0.29) is 0 Å². The van der Waals surface area contributed by atoms with Crippen molar-refractivity contribution in [2.24, 2.45) is 0 Å². The summed E-state index contributed by atoms with van der Waals surface area (Å²) in [5.74, 6) is 0.860. The first-order chi connectivity index (χ1) is 8.83. The molecule has 0 saturated carbocycles. The predicted octanol–water partition coefficient (Wildman–Crippen LogP) is 1.80. The minimum absolute atomic E-state index is 0.415. The van der Waals surface area contributed by atoms with Gasteiger partial charge in [0.05, 0.1) is 5.52 Å². The molecule has 1 aliphatic heterocycles. The standard InChI is InChI=1S/C13H16N4O/c14-9-1-2-12-11(7-9)13(16-8-15-12)17-10-3-5-18-6-4-10/h1-2,7-8,10H,3-6,14H2,(H,15,16,17). The minimum Gasteiger partial charge on any atom is -0.399 e. The Hall–Kier alpha value is -1.88. The molecule has 0 spiro atoms. The van der Waals surface area contributed by atoms with Crippen LogP contribution in [0.15, 0.2) is 24.5 Å². The Kier molecular flexibility index (Phi) is 2.98. The summed E-state index contributed by atoms with van der Waals surface area (Å²) >= 11 is 0. The number of aromatic nitrogens is 2. The third kappa shape index (κ3) is 2.22. The highest BCUT2D eigenvalue weighted by Crippen LogP contribution is 2.23. The SMILES string of the molecule is Nc1ccc2ncnc(NC3CCOCC3)c2c1. The highest BCUT2D eigenvalue weighted by atomic mass is 16.5. The molecule has 2 heterocycles. The largest absolute Gasteiger partial charge is 0.399 e. The van der Waals surface area contributed by atoms with Crippen LogP contribution in [0.4, 0.5) is 11.5 Å². The quantitative estimate of drug-likeness (QED) is 0.788. The zero-order valence-electron chi connectivity index (χ0n) is 10.1. The molecule has 1 aliphatic rings. The fourth-order valence-corrected chi connectivity index (χ4v) is 2.22. The van der Waals surface area contributed by atoms with E-state index in [0.29, 0.717) is 6.04 Å². The third-order valence-corrected chi connectivity index (χ3v) is 3.22. The highest BCUT2D eigenvalue weighted by Gasteiger charge is 2.15. The molecule has 3 rings (SSSR count). The fraction of sp³-hybridized carbons (Fsp3) is 0.385. The molecule has 1 aromatic carbocycles. The van der Waals surface area contributed by atoms with Crippen LogP contribution in [0.2, 0.25) is 0 Å². The zero-order valence-corrected chi connectivity index (χ0v) is 10.1. The Morgan fingerprint density at radius 1 is 1.22 bits per heavy atom. The maximum Gasteiger partial charge on any atom is 0.137 e. The van der Waals surface area contributed by atoms with Gasteiger partial charge in [0.15, 0.2) is 0 Å². The summed E-state index contributed by atoms with van der Waals surface area (Å²) in [5.41, 5.74) is 7.46. The van der Waals surface area contributed by atoms with Crippen LogP contribution in [0.25, 0.3) is 10.9 Å². The first-order valence-corrected chi connectivity index (χ1v) is 6.17. The lowest BCUT2D eigenvalue weighted by Crippen LogP contribution is -2.28. The van der Waals surface area contributed by atoms with E-state index in [4.69, 9.17) is 10.5 Å². The van der Waals surface area contributed by atoms with E-state index in [1.165, 1.54) is 0 Å². The summed E-state index contributed by atoms with van der Waals surface area (Å²) in [4.78, 5) is 8.57. The first-order valence-electron chi connectivity index (χ1n) is 6.17. The van der Waals surface area contributed by atoms with Gasteiger partial charge in [-0.15, -0.1) is 0 Å². The number of nitrogens with two attached hydrogens (primary N) is 1. The molecule has 5 nitrogen and oxygen atoms in total. The van der Waals surface area contributed by atoms with Crippen LogP contribution in [0.1, 0.15) is 12.8 Å². The smallest absolute Gasteiger partial charge is 0.137 e. The molecule has 1 aromatic heterocycles. The number of ether oxygens (including phenoxy) is 1. The Morgan fingerprint density at radius 2 is 2.06 bits per heavy atom. The van der Waals surface area contributed by atoms with Gasteiger partial charge in [-0.05, 0) is 31.0 Å². The lowest BCUT2D eigenvalue weighted by Gasteiger charge is -2.24. The van der Waals surface area contributed by atoms with Crippen LogP contribution in [0.5, 0.6) is 0 Å². The topological polar surface area (TPSA) is 73.1 Å². The van der Waals surface area contributed by atoms with Gasteiger partial charge in [0, 0.05) is 30.3 Å². The number of hydrogen-bond acceptors (Lipinski definition) is 5. The van der Waals surface area contributed by atoms with E-state index in [1.54, 1.807) is 6.33 Å². The van der Waals surface area contributed by atoms with Crippen LogP contribution < -0.4 is 11.1 Å². The van der Waals surface area contributed by atoms with Gasteiger partial charge in [0.25, 0.3) is 0 Å². The predicted molar refractivity (Wildman–Crippen MR) is 71.4 cm³/mol. The summed E-state index contributed by atoms with van der Waals surface area (Å²) in [6, 6.07) is 6.10. The van der Waals surface area contributed by atoms with Crippen molar-refractivity contribution < 1.29 is 4.74 Å². The van der Waals surface area contributed by atoms with Gasteiger partial charge in [-0.1, -0.05) is 0 Å². The number of anilines is 2. The van der Waals surface area contributed by atoms with Gasteiger partial charge in [0.1, 0.15) is 12.1 Å². The molecule has 5 heteroatoms. The number of hydrogen-bond donors (Lipinski definition) is 2. The number of nitrogens with zero attached hydrogens (tertiary/aromatic N) is 2. The van der Waals surface area contributed by atoms with Crippen LogP contribution in [-0.2, 0) is 4.74 Å². The van der Waals surface area contributed by atoms with Gasteiger partial charge in [-0.2, -0.15) is 0 Å². The van der Waals surface area contributed by atoms with E-state index in [2.05, 4.69) is 15.3 Å². The van der Waals surface area contributed by atoms with Crippen molar-refractivity contribution in [3.8, 4) is 0 Å². The number of fused-ring (bicyclic) bond motifs is 1. The maximum absolute atomic E-state index is 5.82. The number of rotatable bonds is 2. The van der Waals surface area contributed by atoms with E-state index in [9.17, 15) is 0 Å². The van der Waals surface area contributed by atoms with Crippen LogP contribution in [0, 0.1) is 0 Å². The molecule has 0 amide bonds. The van der Waals surface area contributed by atoms with Crippen LogP contribution in [-0.4, -0.2) is 29.2 Å². The molecule has 0 unspecified atom stereocenters. The van der Waals surface area contributed by atoms with Gasteiger partial charge < -0.3 is 15.8 Å². The van der Waals surface area contributed by atoms with Gasteiger partial charge in [-0.25, -0.2) is 9.97 Å². The third-order valence-electron chi connectivity index (χ3n) is 3.22. The molecule has 3 N–H and O–H groups in total. The molecule has 2 aromatic rings. The van der Waals surface area contributed by atoms with E-state index in [0.717, 1.165) is 48.5 Å². The summed E-state index contributed by atoms with van der Waals surface area (Å²) in [7, 11) is 0. The van der Waals surface area contributed by atoms with E-state index in [1.807, 2.05) is 18.2 Å². The second kappa shape index (κ2) is 4.78. The average molecular weight is 244 g/mol. The Labute approximate surface area is 105 Å². The Balaban J connectivity index is 1.92. The lowest BCUT2D eigenvalue weighted by molar-refractivity contribution is 0.0904.